The lowest BCUT2D eigenvalue weighted by Gasteiger charge is -2.32. The number of carbonyl (C=O) groups excluding carboxylic acids is 1. The van der Waals surface area contributed by atoms with Gasteiger partial charge in [0.1, 0.15) is 5.65 Å². The van der Waals surface area contributed by atoms with Crippen molar-refractivity contribution >= 4 is 16.9 Å². The second-order valence-electron chi connectivity index (χ2n) is 6.06. The maximum Gasteiger partial charge on any atom is 0.327 e. The van der Waals surface area contributed by atoms with Gasteiger partial charge >= 0.3 is 5.69 Å². The van der Waals surface area contributed by atoms with Gasteiger partial charge in [-0.15, -0.1) is 0 Å². The average Bonchev–Trinajstić information content (AvgIpc) is 3.15. The molecule has 1 aliphatic heterocycles. The summed E-state index contributed by atoms with van der Waals surface area (Å²) in [4.78, 5) is 46.4. The van der Waals surface area contributed by atoms with Crippen molar-refractivity contribution in [2.24, 2.45) is 0 Å². The number of aromatic amines is 2. The number of nitrogens with one attached hydrogen (secondary N) is 2. The lowest BCUT2D eigenvalue weighted by atomic mass is 10.0. The van der Waals surface area contributed by atoms with Crippen molar-refractivity contribution in [3.05, 3.63) is 57.1 Å². The Labute approximate surface area is 141 Å². The first-order valence-corrected chi connectivity index (χ1v) is 8.02. The van der Waals surface area contributed by atoms with Crippen LogP contribution in [0.25, 0.3) is 11.0 Å². The molecule has 0 aliphatic carbocycles. The molecule has 0 unspecified atom stereocenters. The molecule has 2 N–H and O–H groups in total. The number of piperidine rings is 1. The van der Waals surface area contributed by atoms with Gasteiger partial charge in [-0.1, -0.05) is 0 Å². The van der Waals surface area contributed by atoms with Gasteiger partial charge in [-0.05, 0) is 25.0 Å². The van der Waals surface area contributed by atoms with E-state index in [0.29, 0.717) is 18.7 Å². The van der Waals surface area contributed by atoms with Crippen molar-refractivity contribution in [1.82, 2.24) is 29.6 Å². The quantitative estimate of drug-likeness (QED) is 0.695. The molecule has 25 heavy (non-hydrogen) atoms. The number of likely N-dealkylation sites (tertiary alicyclic amines) is 1. The molecule has 0 aromatic carbocycles. The van der Waals surface area contributed by atoms with E-state index in [1.54, 1.807) is 11.1 Å². The second kappa shape index (κ2) is 6.00. The monoisotopic (exact) mass is 340 g/mol. The fraction of sp³-hybridized carbons (Fsp3) is 0.312. The van der Waals surface area contributed by atoms with E-state index in [4.69, 9.17) is 0 Å². The molecule has 3 aromatic heterocycles. The van der Waals surface area contributed by atoms with Crippen molar-refractivity contribution in [2.75, 3.05) is 13.1 Å². The largest absolute Gasteiger partial charge is 0.336 e. The molecule has 0 saturated carbocycles. The van der Waals surface area contributed by atoms with Gasteiger partial charge in [-0.3, -0.25) is 24.2 Å². The first kappa shape index (κ1) is 15.3. The Morgan fingerprint density at radius 1 is 1.28 bits per heavy atom. The highest BCUT2D eigenvalue weighted by atomic mass is 16.2. The molecule has 1 aliphatic rings. The molecule has 1 saturated heterocycles. The molecule has 4 heterocycles. The van der Waals surface area contributed by atoms with Crippen LogP contribution in [0.2, 0.25) is 0 Å². The summed E-state index contributed by atoms with van der Waals surface area (Å²) in [6.45, 7) is 1.21. The molecule has 3 aromatic rings. The molecule has 9 nitrogen and oxygen atoms in total. The van der Waals surface area contributed by atoms with E-state index in [2.05, 4.69) is 20.1 Å². The topological polar surface area (TPSA) is 117 Å². The summed E-state index contributed by atoms with van der Waals surface area (Å²) in [6.07, 6.45) is 6.85. The van der Waals surface area contributed by atoms with Gasteiger partial charge in [0.2, 0.25) is 0 Å². The Kier molecular flexibility index (Phi) is 3.68. The zero-order chi connectivity index (χ0) is 17.4. The first-order chi connectivity index (χ1) is 12.1. The van der Waals surface area contributed by atoms with Crippen LogP contribution in [0.5, 0.6) is 0 Å². The molecule has 1 amide bonds. The van der Waals surface area contributed by atoms with Gasteiger partial charge in [0, 0.05) is 31.7 Å². The molecule has 0 spiro atoms. The highest BCUT2D eigenvalue weighted by Crippen LogP contribution is 2.22. The minimum absolute atomic E-state index is 0.140. The Morgan fingerprint density at radius 3 is 2.96 bits per heavy atom. The summed E-state index contributed by atoms with van der Waals surface area (Å²) < 4.78 is 1.87. The summed E-state index contributed by atoms with van der Waals surface area (Å²) in [6, 6.07) is 3.47. The highest BCUT2D eigenvalue weighted by Gasteiger charge is 2.26. The molecule has 0 bridgehead atoms. The molecule has 4 rings (SSSR count). The third kappa shape index (κ3) is 2.84. The predicted octanol–water partition coefficient (Wildman–Crippen LogP) is 0.285. The number of pyridine rings is 1. The third-order valence-corrected chi connectivity index (χ3v) is 4.42. The standard InChI is InChI=1S/C16H16N6O3/c23-14-12-7-10(8-17-13(12)19-16(25)20-14)15(24)21-5-1-3-11(9-21)22-6-2-4-18-22/h2,4,6-8,11H,1,3,5,9H2,(H2,17,19,20,23,25)/t11-/m1/s1. The van der Waals surface area contributed by atoms with E-state index < -0.39 is 11.2 Å². The number of rotatable bonds is 2. The Bertz CT molecular complexity index is 1040. The Morgan fingerprint density at radius 2 is 2.16 bits per heavy atom. The zero-order valence-corrected chi connectivity index (χ0v) is 13.3. The normalized spacial score (nSPS) is 17.8. The fourth-order valence-electron chi connectivity index (χ4n) is 3.20. The van der Waals surface area contributed by atoms with Crippen LogP contribution >= 0.6 is 0 Å². The summed E-state index contributed by atoms with van der Waals surface area (Å²) in [7, 11) is 0. The van der Waals surface area contributed by atoms with Crippen LogP contribution in [0.4, 0.5) is 0 Å². The van der Waals surface area contributed by atoms with Crippen molar-refractivity contribution in [3.8, 4) is 0 Å². The fourth-order valence-corrected chi connectivity index (χ4v) is 3.20. The van der Waals surface area contributed by atoms with Crippen molar-refractivity contribution < 1.29 is 4.79 Å². The van der Waals surface area contributed by atoms with Gasteiger partial charge in [0.25, 0.3) is 11.5 Å². The van der Waals surface area contributed by atoms with Gasteiger partial charge in [0.15, 0.2) is 0 Å². The maximum absolute atomic E-state index is 12.8. The van der Waals surface area contributed by atoms with Gasteiger partial charge in [-0.2, -0.15) is 5.10 Å². The number of fused-ring (bicyclic) bond motifs is 1. The number of aromatic nitrogens is 5. The van der Waals surface area contributed by atoms with E-state index in [1.807, 2.05) is 16.9 Å². The van der Waals surface area contributed by atoms with E-state index in [-0.39, 0.29) is 23.0 Å². The molecular weight excluding hydrogens is 324 g/mol. The first-order valence-electron chi connectivity index (χ1n) is 8.02. The lowest BCUT2D eigenvalue weighted by molar-refractivity contribution is 0.0672. The SMILES string of the molecule is O=C(c1cnc2[nH]c(=O)[nH]c(=O)c2c1)N1CCC[C@@H](n2cccn2)C1. The van der Waals surface area contributed by atoms with Gasteiger partial charge in [-0.25, -0.2) is 9.78 Å². The summed E-state index contributed by atoms with van der Waals surface area (Å²) >= 11 is 0. The number of carbonyl (C=O) groups is 1. The van der Waals surface area contributed by atoms with Crippen LogP contribution in [-0.4, -0.2) is 48.6 Å². The van der Waals surface area contributed by atoms with Crippen LogP contribution in [0.15, 0.2) is 40.3 Å². The van der Waals surface area contributed by atoms with Gasteiger partial charge in [0.05, 0.1) is 17.0 Å². The van der Waals surface area contributed by atoms with Crippen molar-refractivity contribution in [3.63, 3.8) is 0 Å². The van der Waals surface area contributed by atoms with Crippen LogP contribution in [0.1, 0.15) is 29.2 Å². The van der Waals surface area contributed by atoms with E-state index in [9.17, 15) is 14.4 Å². The number of nitrogens with zero attached hydrogens (tertiary/aromatic N) is 4. The molecule has 1 atom stereocenters. The molecule has 128 valence electrons. The number of amides is 1. The highest BCUT2D eigenvalue weighted by molar-refractivity contribution is 5.96. The minimum atomic E-state index is -0.623. The van der Waals surface area contributed by atoms with Crippen LogP contribution in [0.3, 0.4) is 0 Å². The maximum atomic E-state index is 12.8. The number of hydrogen-bond acceptors (Lipinski definition) is 5. The molecule has 9 heteroatoms. The van der Waals surface area contributed by atoms with Crippen LogP contribution < -0.4 is 11.2 Å². The summed E-state index contributed by atoms with van der Waals surface area (Å²) in [5.41, 5.74) is -0.694. The second-order valence-corrected chi connectivity index (χ2v) is 6.06. The Hall–Kier alpha value is -3.23. The average molecular weight is 340 g/mol. The number of hydrogen-bond donors (Lipinski definition) is 2. The van der Waals surface area contributed by atoms with E-state index in [0.717, 1.165) is 12.8 Å². The predicted molar refractivity (Wildman–Crippen MR) is 89.4 cm³/mol. The van der Waals surface area contributed by atoms with Gasteiger partial charge < -0.3 is 4.90 Å². The number of H-pyrrole nitrogens is 2. The van der Waals surface area contributed by atoms with Crippen LogP contribution in [-0.2, 0) is 0 Å². The lowest BCUT2D eigenvalue weighted by Crippen LogP contribution is -2.41. The summed E-state index contributed by atoms with van der Waals surface area (Å²) in [5.74, 6) is -0.183. The third-order valence-electron chi connectivity index (χ3n) is 4.42. The molecular formula is C16H16N6O3. The minimum Gasteiger partial charge on any atom is -0.336 e. The van der Waals surface area contributed by atoms with E-state index in [1.165, 1.54) is 12.3 Å². The van der Waals surface area contributed by atoms with Crippen molar-refractivity contribution in [1.29, 1.82) is 0 Å². The smallest absolute Gasteiger partial charge is 0.327 e. The van der Waals surface area contributed by atoms with Crippen molar-refractivity contribution in [2.45, 2.75) is 18.9 Å². The molecule has 0 radical (unpaired) electrons. The molecule has 1 fully saturated rings. The Balaban J connectivity index is 1.63. The van der Waals surface area contributed by atoms with Crippen LogP contribution in [0, 0.1) is 0 Å². The zero-order valence-electron chi connectivity index (χ0n) is 13.3. The van der Waals surface area contributed by atoms with E-state index >= 15 is 0 Å². The summed E-state index contributed by atoms with van der Waals surface area (Å²) in [5, 5.41) is 4.44.